The van der Waals surface area contributed by atoms with E-state index in [1.807, 2.05) is 19.1 Å². The van der Waals surface area contributed by atoms with Crippen LogP contribution in [-0.2, 0) is 0 Å². The van der Waals surface area contributed by atoms with Gasteiger partial charge in [0.1, 0.15) is 5.75 Å². The summed E-state index contributed by atoms with van der Waals surface area (Å²) in [6.45, 7) is 1.93. The Kier molecular flexibility index (Phi) is 5.78. The SMILES string of the molecule is COc1ccc(C=NNC(=O)c2ccc(C)cc2OC)cc1OC. The summed E-state index contributed by atoms with van der Waals surface area (Å²) in [5.41, 5.74) is 4.69. The molecule has 0 unspecified atom stereocenters. The third-order valence-electron chi connectivity index (χ3n) is 3.39. The monoisotopic (exact) mass is 328 g/mol. The Morgan fingerprint density at radius 3 is 2.33 bits per heavy atom. The number of ether oxygens (including phenoxy) is 3. The molecule has 1 amide bonds. The van der Waals surface area contributed by atoms with Gasteiger partial charge in [0.2, 0.25) is 0 Å². The van der Waals surface area contributed by atoms with Gasteiger partial charge in [-0.2, -0.15) is 5.10 Å². The topological polar surface area (TPSA) is 69.2 Å². The maximum absolute atomic E-state index is 12.2. The number of methoxy groups -OCH3 is 3. The second kappa shape index (κ2) is 8.01. The standard InChI is InChI=1S/C18H20N2O4/c1-12-5-7-14(16(9-12)23-3)18(21)20-19-11-13-6-8-15(22-2)17(10-13)24-4/h5-11H,1-4H3,(H,20,21). The fourth-order valence-electron chi connectivity index (χ4n) is 2.14. The van der Waals surface area contributed by atoms with Crippen LogP contribution in [0.1, 0.15) is 21.5 Å². The predicted octanol–water partition coefficient (Wildman–Crippen LogP) is 2.78. The highest BCUT2D eigenvalue weighted by Gasteiger charge is 2.11. The smallest absolute Gasteiger partial charge is 0.275 e. The molecule has 0 bridgehead atoms. The van der Waals surface area contributed by atoms with Gasteiger partial charge in [-0.15, -0.1) is 0 Å². The van der Waals surface area contributed by atoms with E-state index in [0.29, 0.717) is 22.8 Å². The Labute approximate surface area is 141 Å². The van der Waals surface area contributed by atoms with Crippen molar-refractivity contribution in [1.82, 2.24) is 5.43 Å². The molecule has 0 radical (unpaired) electrons. The molecule has 0 atom stereocenters. The van der Waals surface area contributed by atoms with Crippen molar-refractivity contribution in [3.05, 3.63) is 53.1 Å². The molecule has 24 heavy (non-hydrogen) atoms. The van der Waals surface area contributed by atoms with Crippen molar-refractivity contribution < 1.29 is 19.0 Å². The average molecular weight is 328 g/mol. The van der Waals surface area contributed by atoms with Crippen LogP contribution in [0.2, 0.25) is 0 Å². The second-order valence-corrected chi connectivity index (χ2v) is 5.02. The Morgan fingerprint density at radius 1 is 0.958 bits per heavy atom. The average Bonchev–Trinajstić information content (AvgIpc) is 2.61. The number of nitrogens with one attached hydrogen (secondary N) is 1. The molecule has 0 aromatic heterocycles. The van der Waals surface area contributed by atoms with E-state index in [1.54, 1.807) is 38.5 Å². The minimum Gasteiger partial charge on any atom is -0.496 e. The minimum atomic E-state index is -0.344. The van der Waals surface area contributed by atoms with Crippen LogP contribution in [-0.4, -0.2) is 33.5 Å². The third kappa shape index (κ3) is 4.04. The highest BCUT2D eigenvalue weighted by atomic mass is 16.5. The predicted molar refractivity (Wildman–Crippen MR) is 92.3 cm³/mol. The zero-order valence-corrected chi connectivity index (χ0v) is 14.1. The molecule has 6 nitrogen and oxygen atoms in total. The molecule has 0 fully saturated rings. The number of amides is 1. The van der Waals surface area contributed by atoms with E-state index in [2.05, 4.69) is 10.5 Å². The van der Waals surface area contributed by atoms with Gasteiger partial charge in [0.15, 0.2) is 11.5 Å². The van der Waals surface area contributed by atoms with Crippen molar-refractivity contribution in [1.29, 1.82) is 0 Å². The number of hydrogen-bond donors (Lipinski definition) is 1. The molecule has 2 aromatic carbocycles. The number of hydrazone groups is 1. The van der Waals surface area contributed by atoms with E-state index in [0.717, 1.165) is 11.1 Å². The van der Waals surface area contributed by atoms with Gasteiger partial charge in [-0.05, 0) is 48.4 Å². The zero-order valence-electron chi connectivity index (χ0n) is 14.1. The molecule has 0 aliphatic heterocycles. The van der Waals surface area contributed by atoms with Crippen LogP contribution < -0.4 is 19.6 Å². The fraction of sp³-hybridized carbons (Fsp3) is 0.222. The minimum absolute atomic E-state index is 0.344. The summed E-state index contributed by atoms with van der Waals surface area (Å²) >= 11 is 0. The third-order valence-corrected chi connectivity index (χ3v) is 3.39. The van der Waals surface area contributed by atoms with Crippen LogP contribution in [0.15, 0.2) is 41.5 Å². The van der Waals surface area contributed by atoms with Gasteiger partial charge in [0, 0.05) is 0 Å². The molecule has 126 valence electrons. The van der Waals surface area contributed by atoms with Crippen LogP contribution >= 0.6 is 0 Å². The van der Waals surface area contributed by atoms with Gasteiger partial charge in [0.05, 0.1) is 33.1 Å². The summed E-state index contributed by atoms with van der Waals surface area (Å²) in [6.07, 6.45) is 1.53. The van der Waals surface area contributed by atoms with Crippen LogP contribution in [0.25, 0.3) is 0 Å². The van der Waals surface area contributed by atoms with Gasteiger partial charge >= 0.3 is 0 Å². The quantitative estimate of drug-likeness (QED) is 0.654. The Morgan fingerprint density at radius 2 is 1.67 bits per heavy atom. The molecule has 1 N–H and O–H groups in total. The Hall–Kier alpha value is -3.02. The van der Waals surface area contributed by atoms with Gasteiger partial charge in [-0.3, -0.25) is 4.79 Å². The molecule has 0 heterocycles. The summed E-state index contributed by atoms with van der Waals surface area (Å²) in [7, 11) is 4.66. The van der Waals surface area contributed by atoms with Crippen LogP contribution in [0.3, 0.4) is 0 Å². The van der Waals surface area contributed by atoms with Crippen molar-refractivity contribution in [2.24, 2.45) is 5.10 Å². The lowest BCUT2D eigenvalue weighted by Gasteiger charge is -2.08. The van der Waals surface area contributed by atoms with E-state index in [-0.39, 0.29) is 5.91 Å². The van der Waals surface area contributed by atoms with Gasteiger partial charge in [0.25, 0.3) is 5.91 Å². The molecule has 0 aliphatic rings. The molecule has 6 heteroatoms. The molecule has 0 spiro atoms. The molecular weight excluding hydrogens is 308 g/mol. The highest BCUT2D eigenvalue weighted by molar-refractivity contribution is 5.97. The number of carbonyl (C=O) groups excluding carboxylic acids is 1. The maximum atomic E-state index is 12.2. The molecule has 2 rings (SSSR count). The van der Waals surface area contributed by atoms with Crippen molar-refractivity contribution in [3.8, 4) is 17.2 Å². The lowest BCUT2D eigenvalue weighted by molar-refractivity contribution is 0.0952. The number of rotatable bonds is 6. The van der Waals surface area contributed by atoms with E-state index < -0.39 is 0 Å². The van der Waals surface area contributed by atoms with Crippen molar-refractivity contribution in [2.75, 3.05) is 21.3 Å². The number of benzene rings is 2. The molecule has 0 aliphatic carbocycles. The van der Waals surface area contributed by atoms with Crippen LogP contribution in [0, 0.1) is 6.92 Å². The van der Waals surface area contributed by atoms with Crippen LogP contribution in [0.5, 0.6) is 17.2 Å². The van der Waals surface area contributed by atoms with E-state index in [4.69, 9.17) is 14.2 Å². The highest BCUT2D eigenvalue weighted by Crippen LogP contribution is 2.26. The lowest BCUT2D eigenvalue weighted by atomic mass is 10.1. The Bertz CT molecular complexity index is 757. The number of hydrogen-bond acceptors (Lipinski definition) is 5. The summed E-state index contributed by atoms with van der Waals surface area (Å²) < 4.78 is 15.6. The first-order chi connectivity index (χ1) is 11.6. The fourth-order valence-corrected chi connectivity index (χ4v) is 2.14. The van der Waals surface area contributed by atoms with Crippen molar-refractivity contribution in [2.45, 2.75) is 6.92 Å². The molecule has 2 aromatic rings. The van der Waals surface area contributed by atoms with Crippen molar-refractivity contribution >= 4 is 12.1 Å². The summed E-state index contributed by atoms with van der Waals surface area (Å²) in [6, 6.07) is 10.7. The van der Waals surface area contributed by atoms with Gasteiger partial charge in [-0.25, -0.2) is 5.43 Å². The molecule has 0 saturated carbocycles. The maximum Gasteiger partial charge on any atom is 0.275 e. The van der Waals surface area contributed by atoms with E-state index in [9.17, 15) is 4.79 Å². The molecular formula is C18H20N2O4. The lowest BCUT2D eigenvalue weighted by Crippen LogP contribution is -2.18. The second-order valence-electron chi connectivity index (χ2n) is 5.02. The first-order valence-corrected chi connectivity index (χ1v) is 7.29. The first-order valence-electron chi connectivity index (χ1n) is 7.29. The van der Waals surface area contributed by atoms with E-state index in [1.165, 1.54) is 13.3 Å². The summed E-state index contributed by atoms with van der Waals surface area (Å²) in [5, 5.41) is 3.97. The normalized spacial score (nSPS) is 10.5. The Balaban J connectivity index is 2.10. The van der Waals surface area contributed by atoms with Crippen molar-refractivity contribution in [3.63, 3.8) is 0 Å². The summed E-state index contributed by atoms with van der Waals surface area (Å²) in [4.78, 5) is 12.2. The first kappa shape index (κ1) is 17.3. The molecule has 0 saturated heterocycles. The van der Waals surface area contributed by atoms with Gasteiger partial charge < -0.3 is 14.2 Å². The largest absolute Gasteiger partial charge is 0.496 e. The number of nitrogens with zero attached hydrogens (tertiary/aromatic N) is 1. The van der Waals surface area contributed by atoms with Gasteiger partial charge in [-0.1, -0.05) is 6.07 Å². The number of carbonyl (C=O) groups is 1. The number of aryl methyl sites for hydroxylation is 1. The van der Waals surface area contributed by atoms with Crippen LogP contribution in [0.4, 0.5) is 0 Å². The zero-order chi connectivity index (χ0) is 17.5. The summed E-state index contributed by atoms with van der Waals surface area (Å²) in [5.74, 6) is 1.38. The van der Waals surface area contributed by atoms with E-state index >= 15 is 0 Å².